The van der Waals surface area contributed by atoms with Crippen molar-refractivity contribution in [2.24, 2.45) is 0 Å². The highest BCUT2D eigenvalue weighted by Crippen LogP contribution is 2.18. The van der Waals surface area contributed by atoms with Gasteiger partial charge in [-0.05, 0) is 31.0 Å². The number of rotatable bonds is 2. The van der Waals surface area contributed by atoms with Gasteiger partial charge in [-0.1, -0.05) is 6.92 Å². The second-order valence-corrected chi connectivity index (χ2v) is 3.38. The summed E-state index contributed by atoms with van der Waals surface area (Å²) in [5.41, 5.74) is 2.39. The average Bonchev–Trinajstić information content (AvgIpc) is 2.05. The molecule has 0 aromatic carbocycles. The topological polar surface area (TPSA) is 12.9 Å². The van der Waals surface area contributed by atoms with Gasteiger partial charge in [0.15, 0.2) is 0 Å². The summed E-state index contributed by atoms with van der Waals surface area (Å²) in [4.78, 5) is 4.21. The quantitative estimate of drug-likeness (QED) is 0.668. The van der Waals surface area contributed by atoms with Crippen molar-refractivity contribution in [2.45, 2.75) is 25.5 Å². The van der Waals surface area contributed by atoms with Crippen molar-refractivity contribution < 1.29 is 0 Å². The minimum absolute atomic E-state index is 0.309. The molecule has 1 nitrogen and oxygen atoms in total. The van der Waals surface area contributed by atoms with Crippen LogP contribution >= 0.6 is 12.6 Å². The summed E-state index contributed by atoms with van der Waals surface area (Å²) < 4.78 is 0. The van der Waals surface area contributed by atoms with Gasteiger partial charge in [0.05, 0.1) is 0 Å². The monoisotopic (exact) mass is 167 g/mol. The predicted octanol–water partition coefficient (Wildman–Crippen LogP) is 2.63. The Morgan fingerprint density at radius 3 is 2.91 bits per heavy atom. The first-order chi connectivity index (χ1) is 5.24. The average molecular weight is 167 g/mol. The van der Waals surface area contributed by atoms with E-state index in [-0.39, 0.29) is 0 Å². The van der Waals surface area contributed by atoms with Gasteiger partial charge in [-0.2, -0.15) is 12.6 Å². The fourth-order valence-corrected chi connectivity index (χ4v) is 1.11. The summed E-state index contributed by atoms with van der Waals surface area (Å²) in [6.45, 7) is 4.17. The van der Waals surface area contributed by atoms with Crippen molar-refractivity contribution in [3.05, 3.63) is 29.6 Å². The van der Waals surface area contributed by atoms with E-state index in [1.165, 1.54) is 5.56 Å². The predicted molar refractivity (Wildman–Crippen MR) is 51.0 cm³/mol. The first kappa shape index (κ1) is 8.60. The van der Waals surface area contributed by atoms with Crippen LogP contribution in [0.25, 0.3) is 0 Å². The zero-order valence-electron chi connectivity index (χ0n) is 6.91. The van der Waals surface area contributed by atoms with Crippen LogP contribution in [-0.2, 0) is 6.42 Å². The van der Waals surface area contributed by atoms with Gasteiger partial charge in [0.2, 0.25) is 0 Å². The molecule has 0 saturated heterocycles. The maximum atomic E-state index is 4.35. The molecule has 0 saturated carbocycles. The molecule has 2 heteroatoms. The van der Waals surface area contributed by atoms with E-state index in [9.17, 15) is 0 Å². The lowest BCUT2D eigenvalue weighted by Crippen LogP contribution is -1.90. The molecule has 0 aliphatic carbocycles. The molecule has 60 valence electrons. The van der Waals surface area contributed by atoms with Crippen LogP contribution in [0.3, 0.4) is 0 Å². The fraction of sp³-hybridized carbons (Fsp3) is 0.444. The standard InChI is InChI=1S/C9H13NS/c1-3-9-6-8(7(2)11)4-5-10-9/h4-7,11H,3H2,1-2H3. The van der Waals surface area contributed by atoms with Crippen LogP contribution in [0.2, 0.25) is 0 Å². The summed E-state index contributed by atoms with van der Waals surface area (Å²) in [6.07, 6.45) is 2.84. The Labute approximate surface area is 73.3 Å². The molecule has 1 rings (SSSR count). The molecule has 1 aromatic heterocycles. The molecular formula is C9H13NS. The highest BCUT2D eigenvalue weighted by atomic mass is 32.1. The second-order valence-electron chi connectivity index (χ2n) is 2.61. The maximum absolute atomic E-state index is 4.35. The number of thiol groups is 1. The van der Waals surface area contributed by atoms with Crippen LogP contribution in [0.15, 0.2) is 18.3 Å². The molecule has 11 heavy (non-hydrogen) atoms. The van der Waals surface area contributed by atoms with E-state index in [2.05, 4.69) is 37.5 Å². The van der Waals surface area contributed by atoms with Gasteiger partial charge in [-0.3, -0.25) is 4.98 Å². The normalized spacial score (nSPS) is 13.0. The lowest BCUT2D eigenvalue weighted by Gasteiger charge is -2.04. The Morgan fingerprint density at radius 2 is 2.36 bits per heavy atom. The van der Waals surface area contributed by atoms with Crippen LogP contribution in [0.4, 0.5) is 0 Å². The lowest BCUT2D eigenvalue weighted by molar-refractivity contribution is 1.000. The molecule has 0 radical (unpaired) electrons. The van der Waals surface area contributed by atoms with Crippen molar-refractivity contribution in [3.8, 4) is 0 Å². The van der Waals surface area contributed by atoms with E-state index in [0.29, 0.717) is 5.25 Å². The van der Waals surface area contributed by atoms with E-state index < -0.39 is 0 Å². The van der Waals surface area contributed by atoms with Crippen molar-refractivity contribution in [1.82, 2.24) is 4.98 Å². The summed E-state index contributed by atoms with van der Waals surface area (Å²) in [6, 6.07) is 4.12. The minimum atomic E-state index is 0.309. The third kappa shape index (κ3) is 2.22. The van der Waals surface area contributed by atoms with E-state index >= 15 is 0 Å². The summed E-state index contributed by atoms with van der Waals surface area (Å²) in [5, 5.41) is 0.309. The molecule has 1 heterocycles. The van der Waals surface area contributed by atoms with Crippen LogP contribution in [0.1, 0.15) is 30.4 Å². The number of pyridine rings is 1. The summed E-state index contributed by atoms with van der Waals surface area (Å²) in [5.74, 6) is 0. The van der Waals surface area contributed by atoms with Crippen LogP contribution in [0, 0.1) is 0 Å². The Bertz CT molecular complexity index is 233. The second kappa shape index (κ2) is 3.77. The Hall–Kier alpha value is -0.500. The molecule has 0 fully saturated rings. The molecule has 1 atom stereocenters. The zero-order valence-corrected chi connectivity index (χ0v) is 7.81. The van der Waals surface area contributed by atoms with Gasteiger partial charge in [-0.25, -0.2) is 0 Å². The van der Waals surface area contributed by atoms with E-state index in [1.807, 2.05) is 12.3 Å². The summed E-state index contributed by atoms with van der Waals surface area (Å²) >= 11 is 4.35. The van der Waals surface area contributed by atoms with Crippen LogP contribution in [-0.4, -0.2) is 4.98 Å². The molecule has 1 unspecified atom stereocenters. The van der Waals surface area contributed by atoms with Gasteiger partial charge < -0.3 is 0 Å². The Kier molecular flexibility index (Phi) is 2.94. The largest absolute Gasteiger partial charge is 0.261 e. The molecule has 0 aliphatic heterocycles. The molecule has 0 spiro atoms. The smallest absolute Gasteiger partial charge is 0.0404 e. The van der Waals surface area contributed by atoms with Gasteiger partial charge in [-0.15, -0.1) is 0 Å². The highest BCUT2D eigenvalue weighted by Gasteiger charge is 1.99. The molecule has 0 aliphatic rings. The SMILES string of the molecule is CCc1cc(C(C)S)ccn1. The number of hydrogen-bond acceptors (Lipinski definition) is 2. The highest BCUT2D eigenvalue weighted by molar-refractivity contribution is 7.80. The first-order valence-corrected chi connectivity index (χ1v) is 4.38. The Balaban J connectivity index is 2.91. The third-order valence-corrected chi connectivity index (χ3v) is 1.98. The lowest BCUT2D eigenvalue weighted by atomic mass is 10.1. The van der Waals surface area contributed by atoms with Gasteiger partial charge >= 0.3 is 0 Å². The molecular weight excluding hydrogens is 154 g/mol. The molecule has 0 N–H and O–H groups in total. The first-order valence-electron chi connectivity index (χ1n) is 3.87. The van der Waals surface area contributed by atoms with Gasteiger partial charge in [0.1, 0.15) is 0 Å². The van der Waals surface area contributed by atoms with Crippen LogP contribution < -0.4 is 0 Å². The molecule has 0 amide bonds. The van der Waals surface area contributed by atoms with Gasteiger partial charge in [0, 0.05) is 17.1 Å². The van der Waals surface area contributed by atoms with Crippen molar-refractivity contribution >= 4 is 12.6 Å². The van der Waals surface area contributed by atoms with E-state index in [0.717, 1.165) is 12.1 Å². The van der Waals surface area contributed by atoms with Crippen molar-refractivity contribution in [1.29, 1.82) is 0 Å². The maximum Gasteiger partial charge on any atom is 0.0404 e. The number of hydrogen-bond donors (Lipinski definition) is 1. The third-order valence-electron chi connectivity index (χ3n) is 1.69. The fourth-order valence-electron chi connectivity index (χ4n) is 0.950. The van der Waals surface area contributed by atoms with Crippen molar-refractivity contribution in [3.63, 3.8) is 0 Å². The number of aryl methyl sites for hydroxylation is 1. The number of aromatic nitrogens is 1. The molecule has 1 aromatic rings. The number of nitrogens with zero attached hydrogens (tertiary/aromatic N) is 1. The van der Waals surface area contributed by atoms with Gasteiger partial charge in [0.25, 0.3) is 0 Å². The summed E-state index contributed by atoms with van der Waals surface area (Å²) in [7, 11) is 0. The van der Waals surface area contributed by atoms with Crippen LogP contribution in [0.5, 0.6) is 0 Å². The van der Waals surface area contributed by atoms with E-state index in [1.54, 1.807) is 0 Å². The molecule has 0 bridgehead atoms. The zero-order chi connectivity index (χ0) is 8.27. The Morgan fingerprint density at radius 1 is 1.64 bits per heavy atom. The van der Waals surface area contributed by atoms with Crippen molar-refractivity contribution in [2.75, 3.05) is 0 Å². The van der Waals surface area contributed by atoms with E-state index in [4.69, 9.17) is 0 Å². The minimum Gasteiger partial charge on any atom is -0.261 e.